The molecule has 1 aliphatic rings. The minimum absolute atomic E-state index is 0.233. The minimum atomic E-state index is -3.73. The Morgan fingerprint density at radius 1 is 1.32 bits per heavy atom. The molecule has 1 aliphatic heterocycles. The zero-order chi connectivity index (χ0) is 18.4. The van der Waals surface area contributed by atoms with Gasteiger partial charge in [-0.2, -0.15) is 0 Å². The molecule has 0 saturated carbocycles. The summed E-state index contributed by atoms with van der Waals surface area (Å²) in [5, 5.41) is -0.233. The Bertz CT molecular complexity index is 931. The van der Waals surface area contributed by atoms with Crippen LogP contribution in [-0.2, 0) is 16.4 Å². The van der Waals surface area contributed by atoms with E-state index in [0.29, 0.717) is 12.2 Å². The van der Waals surface area contributed by atoms with Gasteiger partial charge in [-0.3, -0.25) is 4.79 Å². The number of carbonyl (C=O) groups is 1. The molecule has 0 spiro atoms. The number of amides is 1. The fourth-order valence-corrected chi connectivity index (χ4v) is 3.84. The van der Waals surface area contributed by atoms with Crippen molar-refractivity contribution in [2.75, 3.05) is 31.3 Å². The number of rotatable bonds is 3. The lowest BCUT2D eigenvalue weighted by atomic mass is 9.99. The average molecular weight is 363 g/mol. The van der Waals surface area contributed by atoms with Crippen LogP contribution in [-0.4, -0.2) is 39.3 Å². The summed E-state index contributed by atoms with van der Waals surface area (Å²) in [7, 11) is -0.904. The van der Waals surface area contributed by atoms with Crippen molar-refractivity contribution in [1.82, 2.24) is 4.31 Å². The average Bonchev–Trinajstić information content (AvgIpc) is 2.96. The number of nitrogen functional groups attached to an aromatic ring is 1. The first-order valence-electron chi connectivity index (χ1n) is 7.95. The van der Waals surface area contributed by atoms with Crippen molar-refractivity contribution in [2.24, 2.45) is 0 Å². The number of sulfonamides is 1. The maximum Gasteiger partial charge on any atom is 0.275 e. The lowest BCUT2D eigenvalue weighted by molar-refractivity contribution is 0.0983. The van der Waals surface area contributed by atoms with Gasteiger partial charge in [-0.25, -0.2) is 12.7 Å². The number of fused-ring (bicyclic) bond motifs is 1. The zero-order valence-corrected chi connectivity index (χ0v) is 15.3. The van der Waals surface area contributed by atoms with Gasteiger partial charge in [0.1, 0.15) is 5.76 Å². The van der Waals surface area contributed by atoms with Crippen LogP contribution in [0.5, 0.6) is 0 Å². The van der Waals surface area contributed by atoms with Gasteiger partial charge in [0.05, 0.1) is 5.56 Å². The van der Waals surface area contributed by atoms with E-state index in [0.717, 1.165) is 28.4 Å². The quantitative estimate of drug-likeness (QED) is 0.842. The maximum absolute atomic E-state index is 13.0. The van der Waals surface area contributed by atoms with Crippen LogP contribution in [0, 0.1) is 6.92 Å². The molecule has 0 aliphatic carbocycles. The third kappa shape index (κ3) is 2.91. The smallest absolute Gasteiger partial charge is 0.275 e. The van der Waals surface area contributed by atoms with Gasteiger partial charge in [0.15, 0.2) is 0 Å². The van der Waals surface area contributed by atoms with Gasteiger partial charge in [0.2, 0.25) is 5.09 Å². The molecular formula is C17H21N3O4S. The third-order valence-corrected chi connectivity index (χ3v) is 6.06. The van der Waals surface area contributed by atoms with Crippen molar-refractivity contribution in [3.63, 3.8) is 0 Å². The van der Waals surface area contributed by atoms with Crippen molar-refractivity contribution in [3.05, 3.63) is 41.2 Å². The molecule has 3 rings (SSSR count). The van der Waals surface area contributed by atoms with Crippen LogP contribution in [0.15, 0.2) is 33.8 Å². The summed E-state index contributed by atoms with van der Waals surface area (Å²) in [5.74, 6) is -0.00513. The minimum Gasteiger partial charge on any atom is -0.448 e. The molecule has 1 aromatic carbocycles. The van der Waals surface area contributed by atoms with E-state index in [2.05, 4.69) is 0 Å². The van der Waals surface area contributed by atoms with Crippen LogP contribution in [0.2, 0.25) is 0 Å². The molecule has 2 N–H and O–H groups in total. The highest BCUT2D eigenvalue weighted by atomic mass is 32.2. The van der Waals surface area contributed by atoms with Crippen molar-refractivity contribution in [1.29, 1.82) is 0 Å². The number of nitrogens with two attached hydrogens (primary N) is 1. The van der Waals surface area contributed by atoms with Crippen LogP contribution < -0.4 is 10.6 Å². The number of nitrogens with zero attached hydrogens (tertiary/aromatic N) is 2. The molecular weight excluding hydrogens is 342 g/mol. The van der Waals surface area contributed by atoms with Crippen molar-refractivity contribution < 1.29 is 17.6 Å². The molecule has 0 bridgehead atoms. The maximum atomic E-state index is 13.0. The number of anilines is 2. The van der Waals surface area contributed by atoms with E-state index in [-0.39, 0.29) is 22.3 Å². The van der Waals surface area contributed by atoms with E-state index in [9.17, 15) is 13.2 Å². The Kier molecular flexibility index (Phi) is 4.34. The van der Waals surface area contributed by atoms with E-state index >= 15 is 0 Å². The molecule has 1 aromatic heterocycles. The molecule has 1 amide bonds. The topological polar surface area (TPSA) is 96.8 Å². The Hall–Kier alpha value is -2.32. The van der Waals surface area contributed by atoms with Gasteiger partial charge >= 0.3 is 0 Å². The Balaban J connectivity index is 2.02. The summed E-state index contributed by atoms with van der Waals surface area (Å²) < 4.78 is 30.9. The van der Waals surface area contributed by atoms with Crippen molar-refractivity contribution >= 4 is 27.3 Å². The molecule has 134 valence electrons. The van der Waals surface area contributed by atoms with Crippen LogP contribution in [0.25, 0.3) is 0 Å². The summed E-state index contributed by atoms with van der Waals surface area (Å²) in [6.07, 6.45) is 1.61. The van der Waals surface area contributed by atoms with Gasteiger partial charge in [-0.15, -0.1) is 0 Å². The molecule has 0 saturated heterocycles. The summed E-state index contributed by atoms with van der Waals surface area (Å²) in [5.41, 5.74) is 8.65. The second kappa shape index (κ2) is 6.20. The highest BCUT2D eigenvalue weighted by Crippen LogP contribution is 2.33. The fraction of sp³-hybridized carbons (Fsp3) is 0.353. The number of furan rings is 1. The fourth-order valence-electron chi connectivity index (χ4n) is 2.98. The lowest BCUT2D eigenvalue weighted by Crippen LogP contribution is -2.35. The highest BCUT2D eigenvalue weighted by Gasteiger charge is 2.30. The Morgan fingerprint density at radius 2 is 2.04 bits per heavy atom. The molecule has 7 nitrogen and oxygen atoms in total. The first-order chi connectivity index (χ1) is 11.7. The molecule has 25 heavy (non-hydrogen) atoms. The van der Waals surface area contributed by atoms with Gasteiger partial charge in [0, 0.05) is 38.1 Å². The van der Waals surface area contributed by atoms with Crippen LogP contribution in [0.3, 0.4) is 0 Å². The van der Waals surface area contributed by atoms with E-state index < -0.39 is 10.0 Å². The number of hydrogen-bond donors (Lipinski definition) is 1. The summed E-state index contributed by atoms with van der Waals surface area (Å²) in [4.78, 5) is 14.7. The lowest BCUT2D eigenvalue weighted by Gasteiger charge is -2.30. The predicted octanol–water partition coefficient (Wildman–Crippen LogP) is 2.01. The first kappa shape index (κ1) is 17.5. The molecule has 0 unspecified atom stereocenters. The molecule has 2 heterocycles. The standard InChI is InChI=1S/C17H21N3O4S/c1-11-13(10-16(24-11)25(22,23)19(2)3)17(21)20-9-5-6-12-14(18)7-4-8-15(12)20/h4,7-8,10H,5-6,9,18H2,1-3H3. The highest BCUT2D eigenvalue weighted by molar-refractivity contribution is 7.88. The number of carbonyl (C=O) groups excluding carboxylic acids is 1. The van der Waals surface area contributed by atoms with E-state index in [1.165, 1.54) is 20.2 Å². The van der Waals surface area contributed by atoms with Crippen LogP contribution in [0.4, 0.5) is 11.4 Å². The van der Waals surface area contributed by atoms with Gasteiger partial charge in [0.25, 0.3) is 15.9 Å². The third-order valence-electron chi connectivity index (χ3n) is 4.39. The second-order valence-corrected chi connectivity index (χ2v) is 8.31. The Labute approximate surface area is 147 Å². The molecule has 0 fully saturated rings. The summed E-state index contributed by atoms with van der Waals surface area (Å²) in [6.45, 7) is 2.14. The van der Waals surface area contributed by atoms with Gasteiger partial charge < -0.3 is 15.1 Å². The van der Waals surface area contributed by atoms with Crippen molar-refractivity contribution in [2.45, 2.75) is 24.9 Å². The van der Waals surface area contributed by atoms with Gasteiger partial charge in [-0.1, -0.05) is 6.07 Å². The largest absolute Gasteiger partial charge is 0.448 e. The second-order valence-electron chi connectivity index (χ2n) is 6.23. The van der Waals surface area contributed by atoms with Crippen LogP contribution >= 0.6 is 0 Å². The molecule has 8 heteroatoms. The summed E-state index contributed by atoms with van der Waals surface area (Å²) >= 11 is 0. The van der Waals surface area contributed by atoms with Crippen molar-refractivity contribution in [3.8, 4) is 0 Å². The van der Waals surface area contributed by atoms with Gasteiger partial charge in [-0.05, 0) is 37.5 Å². The number of benzene rings is 1. The first-order valence-corrected chi connectivity index (χ1v) is 9.39. The normalized spacial score (nSPS) is 14.6. The SMILES string of the molecule is Cc1oc(S(=O)(=O)N(C)C)cc1C(=O)N1CCCc2c(N)cccc21. The predicted molar refractivity (Wildman–Crippen MR) is 95.2 cm³/mol. The van der Waals surface area contributed by atoms with E-state index in [1.54, 1.807) is 11.8 Å². The van der Waals surface area contributed by atoms with E-state index in [1.807, 2.05) is 18.2 Å². The molecule has 0 radical (unpaired) electrons. The van der Waals surface area contributed by atoms with Crippen LogP contribution in [0.1, 0.15) is 28.1 Å². The monoisotopic (exact) mass is 363 g/mol. The molecule has 2 aromatic rings. The zero-order valence-electron chi connectivity index (χ0n) is 14.4. The van der Waals surface area contributed by atoms with E-state index in [4.69, 9.17) is 10.2 Å². The number of aryl methyl sites for hydroxylation is 1. The summed E-state index contributed by atoms with van der Waals surface area (Å²) in [6, 6.07) is 6.78. The number of hydrogen-bond acceptors (Lipinski definition) is 5. The molecule has 0 atom stereocenters. The Morgan fingerprint density at radius 3 is 2.72 bits per heavy atom.